The van der Waals surface area contributed by atoms with Crippen molar-refractivity contribution in [2.75, 3.05) is 6.54 Å². The highest BCUT2D eigenvalue weighted by molar-refractivity contribution is 6.20. The van der Waals surface area contributed by atoms with Crippen molar-refractivity contribution in [1.82, 2.24) is 5.32 Å². The highest BCUT2D eigenvalue weighted by atomic mass is 35.5. The van der Waals surface area contributed by atoms with Crippen LogP contribution >= 0.6 is 11.6 Å². The topological polar surface area (TPSA) is 49.3 Å². The van der Waals surface area contributed by atoms with E-state index in [0.29, 0.717) is 17.7 Å². The van der Waals surface area contributed by atoms with Crippen molar-refractivity contribution in [2.45, 2.75) is 25.6 Å². The minimum Gasteiger partial charge on any atom is -0.508 e. The van der Waals surface area contributed by atoms with E-state index in [1.54, 1.807) is 25.1 Å². The molecule has 1 aromatic rings. The zero-order valence-corrected chi connectivity index (χ0v) is 10.2. The number of carbonyl (C=O) groups is 1. The molecule has 0 saturated heterocycles. The molecule has 2 N–H and O–H groups in total. The van der Waals surface area contributed by atoms with E-state index in [4.69, 9.17) is 11.6 Å². The second kappa shape index (κ2) is 5.75. The summed E-state index contributed by atoms with van der Waals surface area (Å²) in [5, 5.41) is 12.1. The van der Waals surface area contributed by atoms with Crippen molar-refractivity contribution in [3.63, 3.8) is 0 Å². The Morgan fingerprint density at radius 3 is 2.88 bits per heavy atom. The van der Waals surface area contributed by atoms with Crippen molar-refractivity contribution in [2.24, 2.45) is 0 Å². The minimum atomic E-state index is -0.201. The lowest BCUT2D eigenvalue weighted by molar-refractivity contribution is 0.0952. The third kappa shape index (κ3) is 3.14. The summed E-state index contributed by atoms with van der Waals surface area (Å²) in [7, 11) is 0. The van der Waals surface area contributed by atoms with E-state index in [1.807, 2.05) is 6.92 Å². The summed E-state index contributed by atoms with van der Waals surface area (Å²) in [6.45, 7) is 4.11. The molecule has 3 nitrogen and oxygen atoms in total. The molecule has 0 saturated carbocycles. The molecule has 0 aliphatic rings. The van der Waals surface area contributed by atoms with E-state index in [0.717, 1.165) is 6.42 Å². The fraction of sp³-hybridized carbons (Fsp3) is 0.417. The standard InChI is InChI=1S/C12H16ClNO2/c1-3-9(13)7-14-12(16)10-5-4-6-11(15)8(10)2/h4-6,9,15H,3,7H2,1-2H3,(H,14,16). The normalized spacial score (nSPS) is 12.2. The second-order valence-electron chi connectivity index (χ2n) is 3.67. The van der Waals surface area contributed by atoms with Gasteiger partial charge in [-0.15, -0.1) is 11.6 Å². The molecule has 0 aliphatic carbocycles. The number of phenolic OH excluding ortho intramolecular Hbond substituents is 1. The van der Waals surface area contributed by atoms with E-state index in [1.165, 1.54) is 0 Å². The predicted molar refractivity (Wildman–Crippen MR) is 65.1 cm³/mol. The number of halogens is 1. The summed E-state index contributed by atoms with van der Waals surface area (Å²) in [4.78, 5) is 11.8. The Balaban J connectivity index is 2.70. The molecule has 0 heterocycles. The fourth-order valence-electron chi connectivity index (χ4n) is 1.31. The highest BCUT2D eigenvalue weighted by Gasteiger charge is 2.11. The van der Waals surface area contributed by atoms with Gasteiger partial charge in [-0.3, -0.25) is 4.79 Å². The fourth-order valence-corrected chi connectivity index (χ4v) is 1.39. The Bertz CT molecular complexity index is 379. The first-order valence-corrected chi connectivity index (χ1v) is 5.70. The number of rotatable bonds is 4. The molecule has 0 radical (unpaired) electrons. The molecule has 1 rings (SSSR count). The Kier molecular flexibility index (Phi) is 4.62. The number of nitrogens with one attached hydrogen (secondary N) is 1. The maximum Gasteiger partial charge on any atom is 0.251 e. The van der Waals surface area contributed by atoms with Crippen molar-refractivity contribution in [3.05, 3.63) is 29.3 Å². The maximum absolute atomic E-state index is 11.8. The van der Waals surface area contributed by atoms with Crippen LogP contribution in [0.1, 0.15) is 29.3 Å². The van der Waals surface area contributed by atoms with Crippen LogP contribution in [0.3, 0.4) is 0 Å². The lowest BCUT2D eigenvalue weighted by Crippen LogP contribution is -2.29. The van der Waals surface area contributed by atoms with Gasteiger partial charge in [-0.1, -0.05) is 13.0 Å². The summed E-state index contributed by atoms with van der Waals surface area (Å²) < 4.78 is 0. The van der Waals surface area contributed by atoms with Crippen LogP contribution < -0.4 is 5.32 Å². The number of phenols is 1. The van der Waals surface area contributed by atoms with Crippen LogP contribution in [-0.2, 0) is 0 Å². The summed E-state index contributed by atoms with van der Waals surface area (Å²) in [6.07, 6.45) is 0.806. The first-order valence-electron chi connectivity index (χ1n) is 5.27. The summed E-state index contributed by atoms with van der Waals surface area (Å²) >= 11 is 5.90. The van der Waals surface area contributed by atoms with Gasteiger partial charge in [0, 0.05) is 17.7 Å². The third-order valence-electron chi connectivity index (χ3n) is 2.48. The van der Waals surface area contributed by atoms with Crippen LogP contribution in [-0.4, -0.2) is 22.9 Å². The molecule has 0 aromatic heterocycles. The zero-order valence-electron chi connectivity index (χ0n) is 9.46. The quantitative estimate of drug-likeness (QED) is 0.796. The first kappa shape index (κ1) is 12.8. The Hall–Kier alpha value is -1.22. The molecule has 0 spiro atoms. The Labute approximate surface area is 100 Å². The molecule has 16 heavy (non-hydrogen) atoms. The molecule has 0 aliphatic heterocycles. The number of carbonyl (C=O) groups excluding carboxylic acids is 1. The minimum absolute atomic E-state index is 0.0541. The van der Waals surface area contributed by atoms with Crippen LogP contribution in [0, 0.1) is 6.92 Å². The summed E-state index contributed by atoms with van der Waals surface area (Å²) in [6, 6.07) is 4.89. The van der Waals surface area contributed by atoms with Gasteiger partial charge in [-0.2, -0.15) is 0 Å². The largest absolute Gasteiger partial charge is 0.508 e. The molecule has 0 bridgehead atoms. The van der Waals surface area contributed by atoms with Gasteiger partial charge in [0.15, 0.2) is 0 Å². The van der Waals surface area contributed by atoms with Gasteiger partial charge in [0.05, 0.1) is 5.38 Å². The zero-order chi connectivity index (χ0) is 12.1. The van der Waals surface area contributed by atoms with Crippen molar-refractivity contribution < 1.29 is 9.90 Å². The van der Waals surface area contributed by atoms with Crippen LogP contribution in [0.25, 0.3) is 0 Å². The van der Waals surface area contributed by atoms with Gasteiger partial charge in [0.1, 0.15) is 5.75 Å². The number of amides is 1. The monoisotopic (exact) mass is 241 g/mol. The Morgan fingerprint density at radius 2 is 2.25 bits per heavy atom. The van der Waals surface area contributed by atoms with Crippen LogP contribution in [0.5, 0.6) is 5.75 Å². The molecule has 1 aromatic carbocycles. The number of alkyl halides is 1. The lowest BCUT2D eigenvalue weighted by Gasteiger charge is -2.10. The summed E-state index contributed by atoms with van der Waals surface area (Å²) in [5.41, 5.74) is 1.07. The van der Waals surface area contributed by atoms with Crippen LogP contribution in [0.15, 0.2) is 18.2 Å². The number of hydrogen-bond acceptors (Lipinski definition) is 2. The van der Waals surface area contributed by atoms with Crippen molar-refractivity contribution in [1.29, 1.82) is 0 Å². The van der Waals surface area contributed by atoms with E-state index < -0.39 is 0 Å². The van der Waals surface area contributed by atoms with Gasteiger partial charge in [0.2, 0.25) is 0 Å². The second-order valence-corrected chi connectivity index (χ2v) is 4.28. The molecule has 1 unspecified atom stereocenters. The third-order valence-corrected chi connectivity index (χ3v) is 2.94. The van der Waals surface area contributed by atoms with Crippen LogP contribution in [0.4, 0.5) is 0 Å². The smallest absolute Gasteiger partial charge is 0.251 e. The predicted octanol–water partition coefficient (Wildman–Crippen LogP) is 2.45. The number of benzene rings is 1. The molecule has 0 fully saturated rings. The molecule has 1 amide bonds. The van der Waals surface area contributed by atoms with E-state index >= 15 is 0 Å². The molecule has 1 atom stereocenters. The van der Waals surface area contributed by atoms with Gasteiger partial charge in [-0.25, -0.2) is 0 Å². The number of hydrogen-bond donors (Lipinski definition) is 2. The van der Waals surface area contributed by atoms with E-state index in [-0.39, 0.29) is 17.0 Å². The van der Waals surface area contributed by atoms with Crippen molar-refractivity contribution >= 4 is 17.5 Å². The average molecular weight is 242 g/mol. The molecular formula is C12H16ClNO2. The molecule has 4 heteroatoms. The van der Waals surface area contributed by atoms with E-state index in [9.17, 15) is 9.90 Å². The average Bonchev–Trinajstić information content (AvgIpc) is 2.29. The molecule has 88 valence electrons. The SMILES string of the molecule is CCC(Cl)CNC(=O)c1cccc(O)c1C. The van der Waals surface area contributed by atoms with Gasteiger partial charge >= 0.3 is 0 Å². The summed E-state index contributed by atoms with van der Waals surface area (Å²) in [5.74, 6) is -0.0712. The maximum atomic E-state index is 11.8. The van der Waals surface area contributed by atoms with Gasteiger partial charge in [0.25, 0.3) is 5.91 Å². The highest BCUT2D eigenvalue weighted by Crippen LogP contribution is 2.19. The molecular weight excluding hydrogens is 226 g/mol. The van der Waals surface area contributed by atoms with E-state index in [2.05, 4.69) is 5.32 Å². The van der Waals surface area contributed by atoms with Crippen molar-refractivity contribution in [3.8, 4) is 5.75 Å². The van der Waals surface area contributed by atoms with Gasteiger partial charge < -0.3 is 10.4 Å². The number of aromatic hydroxyl groups is 1. The Morgan fingerprint density at radius 1 is 1.56 bits per heavy atom. The van der Waals surface area contributed by atoms with Gasteiger partial charge in [-0.05, 0) is 25.5 Å². The lowest BCUT2D eigenvalue weighted by atomic mass is 10.1. The van der Waals surface area contributed by atoms with Crippen LogP contribution in [0.2, 0.25) is 0 Å². The first-order chi connectivity index (χ1) is 7.56.